The summed E-state index contributed by atoms with van der Waals surface area (Å²) in [6, 6.07) is 3.08. The van der Waals surface area contributed by atoms with Crippen LogP contribution in [0.15, 0.2) is 25.8 Å². The van der Waals surface area contributed by atoms with Gasteiger partial charge in [0.05, 0.1) is 0 Å². The average Bonchev–Trinajstić information content (AvgIpc) is 3.37. The van der Waals surface area contributed by atoms with E-state index in [9.17, 15) is 19.5 Å². The van der Waals surface area contributed by atoms with Crippen LogP contribution < -0.4 is 5.63 Å². The van der Waals surface area contributed by atoms with E-state index in [1.807, 2.05) is 13.0 Å². The molecule has 1 fully saturated rings. The lowest BCUT2D eigenvalue weighted by atomic mass is 9.94. The van der Waals surface area contributed by atoms with Crippen molar-refractivity contribution in [2.45, 2.75) is 64.3 Å². The largest absolute Gasteiger partial charge is 0.480 e. The minimum absolute atomic E-state index is 0.0875. The molecular formula is C24H25NO6. The molecule has 0 saturated carbocycles. The summed E-state index contributed by atoms with van der Waals surface area (Å²) in [6.45, 7) is 2.33. The van der Waals surface area contributed by atoms with Crippen molar-refractivity contribution in [2.75, 3.05) is 6.54 Å². The summed E-state index contributed by atoms with van der Waals surface area (Å²) in [7, 11) is 0. The number of nitrogens with zero attached hydrogens (tertiary/aromatic N) is 1. The number of carbonyl (C=O) groups excluding carboxylic acids is 1. The second-order valence-corrected chi connectivity index (χ2v) is 8.63. The van der Waals surface area contributed by atoms with E-state index in [-0.39, 0.29) is 18.7 Å². The highest BCUT2D eigenvalue weighted by Gasteiger charge is 2.33. The monoisotopic (exact) mass is 423 g/mol. The van der Waals surface area contributed by atoms with Gasteiger partial charge in [-0.25, -0.2) is 9.59 Å². The van der Waals surface area contributed by atoms with Gasteiger partial charge in [-0.3, -0.25) is 4.79 Å². The van der Waals surface area contributed by atoms with E-state index in [0.29, 0.717) is 30.5 Å². The van der Waals surface area contributed by atoms with Gasteiger partial charge in [0.2, 0.25) is 5.91 Å². The van der Waals surface area contributed by atoms with Crippen molar-refractivity contribution in [2.24, 2.45) is 0 Å². The van der Waals surface area contributed by atoms with Crippen LogP contribution in [0.3, 0.4) is 0 Å². The number of hydrogen-bond donors (Lipinski definition) is 1. The molecule has 1 aliphatic carbocycles. The van der Waals surface area contributed by atoms with Crippen LogP contribution >= 0.6 is 0 Å². The first kappa shape index (κ1) is 19.8. The number of aryl methyl sites for hydroxylation is 3. The maximum atomic E-state index is 12.7. The first-order valence-electron chi connectivity index (χ1n) is 11.0. The molecule has 1 aromatic carbocycles. The number of amides is 1. The molecular weight excluding hydrogens is 398 g/mol. The van der Waals surface area contributed by atoms with E-state index in [0.717, 1.165) is 53.4 Å². The van der Waals surface area contributed by atoms with Crippen molar-refractivity contribution in [3.05, 3.63) is 45.0 Å². The number of carbonyl (C=O) groups is 2. The van der Waals surface area contributed by atoms with Crippen molar-refractivity contribution < 1.29 is 23.5 Å². The fraction of sp³-hybridized carbons (Fsp3) is 0.458. The van der Waals surface area contributed by atoms with Gasteiger partial charge in [0.1, 0.15) is 23.0 Å². The molecule has 0 unspecified atom stereocenters. The predicted molar refractivity (Wildman–Crippen MR) is 114 cm³/mol. The lowest BCUT2D eigenvalue weighted by molar-refractivity contribution is -0.148. The van der Waals surface area contributed by atoms with E-state index < -0.39 is 17.6 Å². The summed E-state index contributed by atoms with van der Waals surface area (Å²) >= 11 is 0. The molecule has 2 aliphatic rings. The standard InChI is InChI=1S/C24H25NO6/c1-13-14(8-9-22(26)25-10-4-6-18(25)23(27)28)24(29)31-20-12-21-17(11-16(13)20)15-5-2-3-7-19(15)30-21/h11-12,18H,2-10H2,1H3,(H,27,28)/t18-/m1/s1. The van der Waals surface area contributed by atoms with E-state index in [1.54, 1.807) is 6.07 Å². The van der Waals surface area contributed by atoms with Gasteiger partial charge < -0.3 is 18.8 Å². The molecule has 3 heterocycles. The maximum Gasteiger partial charge on any atom is 0.339 e. The highest BCUT2D eigenvalue weighted by Crippen LogP contribution is 2.35. The van der Waals surface area contributed by atoms with Crippen LogP contribution in [-0.4, -0.2) is 34.5 Å². The molecule has 0 radical (unpaired) electrons. The Kier molecular flexibility index (Phi) is 4.84. The van der Waals surface area contributed by atoms with Crippen LogP contribution in [0.25, 0.3) is 21.9 Å². The number of likely N-dealkylation sites (tertiary alicyclic amines) is 1. The Morgan fingerprint density at radius 2 is 1.87 bits per heavy atom. The Bertz CT molecular complexity index is 1270. The molecule has 1 atom stereocenters. The molecule has 3 aromatic rings. The SMILES string of the molecule is Cc1c(CCC(=O)N2CCC[C@@H]2C(=O)O)c(=O)oc2cc3oc4c(c3cc12)CCCC4. The molecule has 2 aromatic heterocycles. The molecule has 0 bridgehead atoms. The van der Waals surface area contributed by atoms with Crippen LogP contribution in [0, 0.1) is 6.92 Å². The molecule has 1 aliphatic heterocycles. The van der Waals surface area contributed by atoms with Gasteiger partial charge in [-0.1, -0.05) is 0 Å². The number of furan rings is 1. The lowest BCUT2D eigenvalue weighted by Crippen LogP contribution is -2.40. The number of benzene rings is 1. The number of carboxylic acids is 1. The number of carboxylic acid groups (broad SMARTS) is 1. The molecule has 162 valence electrons. The van der Waals surface area contributed by atoms with Gasteiger partial charge in [0, 0.05) is 47.4 Å². The number of rotatable bonds is 4. The molecule has 7 nitrogen and oxygen atoms in total. The number of aliphatic carboxylic acids is 1. The van der Waals surface area contributed by atoms with Crippen molar-refractivity contribution in [3.63, 3.8) is 0 Å². The summed E-state index contributed by atoms with van der Waals surface area (Å²) in [5.74, 6) is -0.177. The van der Waals surface area contributed by atoms with Crippen molar-refractivity contribution >= 4 is 33.8 Å². The fourth-order valence-electron chi connectivity index (χ4n) is 5.13. The number of hydrogen-bond acceptors (Lipinski definition) is 5. The number of fused-ring (bicyclic) bond motifs is 4. The minimum Gasteiger partial charge on any atom is -0.480 e. The Labute approximate surface area is 178 Å². The Morgan fingerprint density at radius 3 is 2.68 bits per heavy atom. The summed E-state index contributed by atoms with van der Waals surface area (Å²) in [6.07, 6.45) is 5.67. The summed E-state index contributed by atoms with van der Waals surface area (Å²) < 4.78 is 11.6. The first-order chi connectivity index (χ1) is 14.9. The lowest BCUT2D eigenvalue weighted by Gasteiger charge is -2.21. The second-order valence-electron chi connectivity index (χ2n) is 8.63. The third-order valence-corrected chi connectivity index (χ3v) is 6.81. The molecule has 1 N–H and O–H groups in total. The van der Waals surface area contributed by atoms with Gasteiger partial charge >= 0.3 is 11.6 Å². The third kappa shape index (κ3) is 3.32. The first-order valence-corrected chi connectivity index (χ1v) is 11.0. The van der Waals surface area contributed by atoms with Crippen LogP contribution in [0.1, 0.15) is 54.6 Å². The highest BCUT2D eigenvalue weighted by atomic mass is 16.4. The van der Waals surface area contributed by atoms with Gasteiger partial charge in [0.15, 0.2) is 0 Å². The summed E-state index contributed by atoms with van der Waals surface area (Å²) in [5, 5.41) is 11.2. The zero-order valence-corrected chi connectivity index (χ0v) is 17.5. The van der Waals surface area contributed by atoms with Crippen molar-refractivity contribution in [1.82, 2.24) is 4.90 Å². The van der Waals surface area contributed by atoms with Crippen LogP contribution in [0.5, 0.6) is 0 Å². The van der Waals surface area contributed by atoms with Crippen molar-refractivity contribution in [3.8, 4) is 0 Å². The second kappa shape index (κ2) is 7.55. The van der Waals surface area contributed by atoms with Gasteiger partial charge in [0.25, 0.3) is 0 Å². The Morgan fingerprint density at radius 1 is 1.10 bits per heavy atom. The van der Waals surface area contributed by atoms with E-state index >= 15 is 0 Å². The molecule has 7 heteroatoms. The van der Waals surface area contributed by atoms with E-state index in [2.05, 4.69) is 0 Å². The van der Waals surface area contributed by atoms with Crippen LogP contribution in [0.4, 0.5) is 0 Å². The molecule has 1 amide bonds. The van der Waals surface area contributed by atoms with Crippen molar-refractivity contribution in [1.29, 1.82) is 0 Å². The predicted octanol–water partition coefficient (Wildman–Crippen LogP) is 3.73. The molecule has 0 spiro atoms. The molecule has 1 saturated heterocycles. The Hall–Kier alpha value is -3.09. The topological polar surface area (TPSA) is 101 Å². The average molecular weight is 423 g/mol. The fourth-order valence-corrected chi connectivity index (χ4v) is 5.13. The minimum atomic E-state index is -0.972. The van der Waals surface area contributed by atoms with Gasteiger partial charge in [-0.15, -0.1) is 0 Å². The summed E-state index contributed by atoms with van der Waals surface area (Å²) in [5.41, 5.74) is 3.32. The highest BCUT2D eigenvalue weighted by molar-refractivity contribution is 5.97. The van der Waals surface area contributed by atoms with Crippen LogP contribution in [-0.2, 0) is 28.9 Å². The zero-order chi connectivity index (χ0) is 21.7. The quantitative estimate of drug-likeness (QED) is 0.642. The molecule has 5 rings (SSSR count). The third-order valence-electron chi connectivity index (χ3n) is 6.81. The van der Waals surface area contributed by atoms with Gasteiger partial charge in [-0.2, -0.15) is 0 Å². The summed E-state index contributed by atoms with van der Waals surface area (Å²) in [4.78, 5) is 38.1. The molecule has 31 heavy (non-hydrogen) atoms. The normalized spacial score (nSPS) is 18.6. The smallest absolute Gasteiger partial charge is 0.339 e. The Balaban J connectivity index is 1.47. The maximum absolute atomic E-state index is 12.7. The van der Waals surface area contributed by atoms with Crippen LogP contribution in [0.2, 0.25) is 0 Å². The van der Waals surface area contributed by atoms with E-state index in [1.165, 1.54) is 10.5 Å². The zero-order valence-electron chi connectivity index (χ0n) is 17.5. The van der Waals surface area contributed by atoms with Gasteiger partial charge in [-0.05, 0) is 57.1 Å². The van der Waals surface area contributed by atoms with E-state index in [4.69, 9.17) is 8.83 Å².